The van der Waals surface area contributed by atoms with Gasteiger partial charge < -0.3 is 14.3 Å². The third-order valence-electron chi connectivity index (χ3n) is 3.96. The molecular weight excluding hydrogens is 360 g/mol. The van der Waals surface area contributed by atoms with Gasteiger partial charge in [0.25, 0.3) is 0 Å². The molecule has 0 spiro atoms. The standard InChI is InChI=1S/C21H12N2O3S/c22-12-15(20-23-17-3-1-2-4-19(17)27-20)11-16-9-10-18(26-16)13-5-7-14(8-6-13)21(24)25/h1-11H,(H,24,25)/p-1/b15-11+. The Morgan fingerprint density at radius 1 is 1.11 bits per heavy atom. The van der Waals surface area contributed by atoms with Crippen LogP contribution in [0.4, 0.5) is 0 Å². The molecule has 130 valence electrons. The van der Waals surface area contributed by atoms with Gasteiger partial charge >= 0.3 is 0 Å². The normalized spacial score (nSPS) is 11.4. The van der Waals surface area contributed by atoms with Crippen molar-refractivity contribution in [3.8, 4) is 17.4 Å². The zero-order valence-corrected chi connectivity index (χ0v) is 14.7. The summed E-state index contributed by atoms with van der Waals surface area (Å²) in [6.07, 6.45) is 1.65. The third-order valence-corrected chi connectivity index (χ3v) is 5.03. The minimum Gasteiger partial charge on any atom is -0.545 e. The van der Waals surface area contributed by atoms with E-state index in [1.807, 2.05) is 24.3 Å². The number of carbonyl (C=O) groups excluding carboxylic acids is 1. The summed E-state index contributed by atoms with van der Waals surface area (Å²) in [5.74, 6) is -0.128. The number of carboxylic acid groups (broad SMARTS) is 1. The van der Waals surface area contributed by atoms with Crippen molar-refractivity contribution >= 4 is 39.2 Å². The van der Waals surface area contributed by atoms with E-state index in [2.05, 4.69) is 11.1 Å². The molecule has 0 aliphatic heterocycles. The highest BCUT2D eigenvalue weighted by atomic mass is 32.1. The lowest BCUT2D eigenvalue weighted by atomic mass is 10.1. The largest absolute Gasteiger partial charge is 0.545 e. The molecule has 6 heteroatoms. The number of carbonyl (C=O) groups is 1. The molecule has 0 aliphatic carbocycles. The van der Waals surface area contributed by atoms with Gasteiger partial charge in [-0.25, -0.2) is 4.98 Å². The van der Waals surface area contributed by atoms with Crippen LogP contribution >= 0.6 is 11.3 Å². The molecule has 2 heterocycles. The number of hydrogen-bond acceptors (Lipinski definition) is 6. The molecule has 0 aliphatic rings. The van der Waals surface area contributed by atoms with Crippen LogP contribution in [0.3, 0.4) is 0 Å². The van der Waals surface area contributed by atoms with E-state index in [4.69, 9.17) is 4.42 Å². The second kappa shape index (κ2) is 6.90. The number of aromatic carboxylic acids is 1. The van der Waals surface area contributed by atoms with Gasteiger partial charge in [-0.3, -0.25) is 0 Å². The number of fused-ring (bicyclic) bond motifs is 1. The minimum atomic E-state index is -1.22. The number of furan rings is 1. The van der Waals surface area contributed by atoms with Gasteiger partial charge in [0.2, 0.25) is 0 Å². The number of benzene rings is 2. The van der Waals surface area contributed by atoms with Gasteiger partial charge in [-0.15, -0.1) is 11.3 Å². The van der Waals surface area contributed by atoms with Crippen LogP contribution in [0.1, 0.15) is 21.1 Å². The van der Waals surface area contributed by atoms with Gasteiger partial charge in [0.1, 0.15) is 22.6 Å². The fourth-order valence-electron chi connectivity index (χ4n) is 2.63. The lowest BCUT2D eigenvalue weighted by Crippen LogP contribution is -2.21. The Balaban J connectivity index is 1.65. The first-order chi connectivity index (χ1) is 13.1. The summed E-state index contributed by atoms with van der Waals surface area (Å²) in [6, 6.07) is 19.6. The summed E-state index contributed by atoms with van der Waals surface area (Å²) < 4.78 is 6.80. The Bertz CT molecular complexity index is 1180. The van der Waals surface area contributed by atoms with Crippen LogP contribution < -0.4 is 5.11 Å². The average molecular weight is 371 g/mol. The van der Waals surface area contributed by atoms with Crippen molar-refractivity contribution in [1.82, 2.24) is 4.98 Å². The molecule has 0 radical (unpaired) electrons. The monoisotopic (exact) mass is 371 g/mol. The summed E-state index contributed by atoms with van der Waals surface area (Å²) in [5, 5.41) is 21.0. The van der Waals surface area contributed by atoms with E-state index in [0.717, 1.165) is 15.8 Å². The number of hydrogen-bond donors (Lipinski definition) is 0. The minimum absolute atomic E-state index is 0.105. The van der Waals surface area contributed by atoms with E-state index >= 15 is 0 Å². The summed E-state index contributed by atoms with van der Waals surface area (Å²) in [6.45, 7) is 0. The van der Waals surface area contributed by atoms with Gasteiger partial charge in [0, 0.05) is 11.6 Å². The number of para-hydroxylation sites is 1. The number of allylic oxidation sites excluding steroid dienone is 1. The number of nitrogens with zero attached hydrogens (tertiary/aromatic N) is 2. The van der Waals surface area contributed by atoms with Gasteiger partial charge in [-0.05, 0) is 29.8 Å². The van der Waals surface area contributed by atoms with E-state index < -0.39 is 5.97 Å². The number of carboxylic acids is 1. The maximum absolute atomic E-state index is 10.8. The molecule has 0 bridgehead atoms. The summed E-state index contributed by atoms with van der Waals surface area (Å²) in [4.78, 5) is 15.3. The van der Waals surface area contributed by atoms with Gasteiger partial charge in [-0.1, -0.05) is 36.4 Å². The second-order valence-electron chi connectivity index (χ2n) is 5.72. The number of thiazole rings is 1. The Hall–Kier alpha value is -3.69. The van der Waals surface area contributed by atoms with Crippen LogP contribution in [0, 0.1) is 11.3 Å². The number of aromatic nitrogens is 1. The maximum atomic E-state index is 10.8. The van der Waals surface area contributed by atoms with Crippen LogP contribution in [-0.2, 0) is 0 Å². The average Bonchev–Trinajstić information content (AvgIpc) is 3.33. The topological polar surface area (TPSA) is 90.0 Å². The molecule has 0 fully saturated rings. The first kappa shape index (κ1) is 16.8. The van der Waals surface area contributed by atoms with Crippen LogP contribution in [0.25, 0.3) is 33.2 Å². The Kier molecular flexibility index (Phi) is 4.29. The molecule has 0 amide bonds. The van der Waals surface area contributed by atoms with E-state index in [-0.39, 0.29) is 5.56 Å². The summed E-state index contributed by atoms with van der Waals surface area (Å²) in [5.41, 5.74) is 2.11. The van der Waals surface area contributed by atoms with Crippen molar-refractivity contribution in [2.45, 2.75) is 0 Å². The fraction of sp³-hybridized carbons (Fsp3) is 0. The van der Waals surface area contributed by atoms with Crippen LogP contribution in [0.15, 0.2) is 65.1 Å². The van der Waals surface area contributed by atoms with Crippen molar-refractivity contribution in [2.24, 2.45) is 0 Å². The predicted octanol–water partition coefficient (Wildman–Crippen LogP) is 3.98. The molecule has 0 N–H and O–H groups in total. The molecule has 0 saturated heterocycles. The van der Waals surface area contributed by atoms with Crippen molar-refractivity contribution < 1.29 is 14.3 Å². The van der Waals surface area contributed by atoms with Crippen LogP contribution in [0.2, 0.25) is 0 Å². The molecule has 2 aromatic carbocycles. The summed E-state index contributed by atoms with van der Waals surface area (Å²) in [7, 11) is 0. The molecule has 0 unspecified atom stereocenters. The number of rotatable bonds is 4. The van der Waals surface area contributed by atoms with E-state index in [0.29, 0.717) is 22.1 Å². The van der Waals surface area contributed by atoms with Crippen LogP contribution in [-0.4, -0.2) is 11.0 Å². The quantitative estimate of drug-likeness (QED) is 0.506. The highest BCUT2D eigenvalue weighted by molar-refractivity contribution is 7.19. The van der Waals surface area contributed by atoms with Crippen LogP contribution in [0.5, 0.6) is 0 Å². The van der Waals surface area contributed by atoms with Crippen molar-refractivity contribution in [1.29, 1.82) is 5.26 Å². The Morgan fingerprint density at radius 3 is 2.59 bits per heavy atom. The second-order valence-corrected chi connectivity index (χ2v) is 6.75. The van der Waals surface area contributed by atoms with Gasteiger partial charge in [0.05, 0.1) is 21.8 Å². The highest BCUT2D eigenvalue weighted by Crippen LogP contribution is 2.29. The number of nitriles is 1. The smallest absolute Gasteiger partial charge is 0.135 e. The first-order valence-corrected chi connectivity index (χ1v) is 8.85. The van der Waals surface area contributed by atoms with E-state index in [1.165, 1.54) is 23.5 Å². The SMILES string of the molecule is N#C/C(=C\c1ccc(-c2ccc(C(=O)[O-])cc2)o1)c1nc2ccccc2s1. The van der Waals surface area contributed by atoms with Gasteiger partial charge in [-0.2, -0.15) is 5.26 Å². The fourth-order valence-corrected chi connectivity index (χ4v) is 3.56. The Labute approximate surface area is 158 Å². The third kappa shape index (κ3) is 3.36. The van der Waals surface area contributed by atoms with Crippen molar-refractivity contribution in [2.75, 3.05) is 0 Å². The molecule has 2 aromatic heterocycles. The Morgan fingerprint density at radius 2 is 1.89 bits per heavy atom. The van der Waals surface area contributed by atoms with E-state index in [1.54, 1.807) is 30.3 Å². The summed E-state index contributed by atoms with van der Waals surface area (Å²) >= 11 is 1.45. The maximum Gasteiger partial charge on any atom is 0.135 e. The van der Waals surface area contributed by atoms with Gasteiger partial charge in [0.15, 0.2) is 0 Å². The lowest BCUT2D eigenvalue weighted by molar-refractivity contribution is -0.255. The lowest BCUT2D eigenvalue weighted by Gasteiger charge is -2.02. The molecule has 27 heavy (non-hydrogen) atoms. The molecule has 5 nitrogen and oxygen atoms in total. The van der Waals surface area contributed by atoms with Crippen molar-refractivity contribution in [3.63, 3.8) is 0 Å². The van der Waals surface area contributed by atoms with Crippen molar-refractivity contribution in [3.05, 3.63) is 77.0 Å². The molecule has 0 saturated carbocycles. The molecule has 4 aromatic rings. The zero-order valence-electron chi connectivity index (χ0n) is 13.9. The molecule has 4 rings (SSSR count). The highest BCUT2D eigenvalue weighted by Gasteiger charge is 2.10. The first-order valence-electron chi connectivity index (χ1n) is 8.03. The zero-order chi connectivity index (χ0) is 18.8. The predicted molar refractivity (Wildman–Crippen MR) is 102 cm³/mol. The molecule has 0 atom stereocenters. The van der Waals surface area contributed by atoms with E-state index in [9.17, 15) is 15.2 Å². The molecular formula is C21H11N2O3S-.